The first-order valence-corrected chi connectivity index (χ1v) is 15.4. The van der Waals surface area contributed by atoms with E-state index in [1.807, 2.05) is 87.6 Å². The smallest absolute Gasteiger partial charge is 0.418 e. The van der Waals surface area contributed by atoms with Crippen molar-refractivity contribution in [3.05, 3.63) is 102 Å². The number of hydrogen-bond donors (Lipinski definition) is 0. The molecule has 1 aliphatic carbocycles. The molecule has 1 amide bonds. The largest absolute Gasteiger partial charge is 0.497 e. The van der Waals surface area contributed by atoms with Crippen molar-refractivity contribution in [1.29, 1.82) is 0 Å². The van der Waals surface area contributed by atoms with Crippen LogP contribution in [0.2, 0.25) is 0 Å². The normalized spacial score (nSPS) is 17.7. The van der Waals surface area contributed by atoms with Crippen molar-refractivity contribution in [3.8, 4) is 5.75 Å². The number of nitrogens with zero attached hydrogens (tertiary/aromatic N) is 1. The number of allylic oxidation sites excluding steroid dienone is 1. The van der Waals surface area contributed by atoms with Crippen molar-refractivity contribution in [2.45, 2.75) is 62.9 Å². The van der Waals surface area contributed by atoms with Crippen molar-refractivity contribution >= 4 is 21.6 Å². The Labute approximate surface area is 238 Å². The molecule has 2 atom stereocenters. The number of amides is 1. The van der Waals surface area contributed by atoms with E-state index in [9.17, 15) is 13.2 Å². The minimum atomic E-state index is -3.56. The van der Waals surface area contributed by atoms with Crippen LogP contribution in [0.3, 0.4) is 0 Å². The summed E-state index contributed by atoms with van der Waals surface area (Å²) < 4.78 is 38.3. The third-order valence-corrected chi connectivity index (χ3v) is 8.95. The molecular formula is C33H39NO5S. The molecule has 0 aliphatic heterocycles. The molecule has 3 aromatic carbocycles. The zero-order chi connectivity index (χ0) is 28.8. The first-order valence-electron chi connectivity index (χ1n) is 13.8. The SMILES string of the molecule is COc1ccc(N(/C=C2/CCCC[C@H]2[C@@H](CS(=O)(=O)c2ccccc2)c2ccccc2)C(=O)OC(C)(C)C)cc1. The number of benzene rings is 3. The van der Waals surface area contributed by atoms with Crippen LogP contribution in [0.25, 0.3) is 0 Å². The molecule has 1 saturated carbocycles. The molecule has 7 heteroatoms. The lowest BCUT2D eigenvalue weighted by molar-refractivity contribution is 0.0595. The van der Waals surface area contributed by atoms with Gasteiger partial charge in [0.25, 0.3) is 0 Å². The summed E-state index contributed by atoms with van der Waals surface area (Å²) in [6.07, 6.45) is 4.97. The van der Waals surface area contributed by atoms with Crippen LogP contribution in [0.5, 0.6) is 5.75 Å². The van der Waals surface area contributed by atoms with Crippen molar-refractivity contribution < 1.29 is 22.7 Å². The Morgan fingerprint density at radius 1 is 0.950 bits per heavy atom. The van der Waals surface area contributed by atoms with Gasteiger partial charge in [0.2, 0.25) is 0 Å². The predicted molar refractivity (Wildman–Crippen MR) is 159 cm³/mol. The van der Waals surface area contributed by atoms with Crippen LogP contribution in [0.4, 0.5) is 10.5 Å². The van der Waals surface area contributed by atoms with Gasteiger partial charge in [0.1, 0.15) is 11.4 Å². The van der Waals surface area contributed by atoms with E-state index in [2.05, 4.69) is 0 Å². The van der Waals surface area contributed by atoms with Gasteiger partial charge in [0, 0.05) is 12.1 Å². The number of sulfone groups is 1. The maximum absolute atomic E-state index is 13.6. The quantitative estimate of drug-likeness (QED) is 0.281. The van der Waals surface area contributed by atoms with E-state index in [0.29, 0.717) is 16.3 Å². The maximum Gasteiger partial charge on any atom is 0.418 e. The highest BCUT2D eigenvalue weighted by Gasteiger charge is 2.34. The van der Waals surface area contributed by atoms with E-state index in [-0.39, 0.29) is 17.6 Å². The fraction of sp³-hybridized carbons (Fsp3) is 0.364. The summed E-state index contributed by atoms with van der Waals surface area (Å²) in [6, 6.07) is 25.8. The number of rotatable bonds is 8. The van der Waals surface area contributed by atoms with Crippen molar-refractivity contribution in [3.63, 3.8) is 0 Å². The molecule has 0 N–H and O–H groups in total. The van der Waals surface area contributed by atoms with E-state index in [4.69, 9.17) is 9.47 Å². The minimum Gasteiger partial charge on any atom is -0.497 e. The molecule has 0 heterocycles. The molecule has 3 aromatic rings. The standard InChI is InChI=1S/C33H39NO5S/c1-33(2,3)39-32(35)34(27-19-21-28(38-4)22-20-27)23-26-15-11-12-18-30(26)31(25-13-7-5-8-14-25)24-40(36,37)29-16-9-6-10-17-29/h5-10,13-14,16-17,19-23,30-31H,11-12,15,18,24H2,1-4H3/b26-23-/t30-,31+/m1/s1. The van der Waals surface area contributed by atoms with Crippen molar-refractivity contribution in [2.75, 3.05) is 17.8 Å². The summed E-state index contributed by atoms with van der Waals surface area (Å²) in [4.78, 5) is 15.4. The van der Waals surface area contributed by atoms with E-state index < -0.39 is 21.5 Å². The second-order valence-corrected chi connectivity index (χ2v) is 13.3. The Bertz CT molecular complexity index is 1390. The van der Waals surface area contributed by atoms with Gasteiger partial charge >= 0.3 is 6.09 Å². The topological polar surface area (TPSA) is 72.9 Å². The Morgan fingerprint density at radius 2 is 1.57 bits per heavy atom. The summed E-state index contributed by atoms with van der Waals surface area (Å²) in [6.45, 7) is 5.52. The van der Waals surface area contributed by atoms with Gasteiger partial charge in [0.05, 0.1) is 23.4 Å². The Kier molecular flexibility index (Phi) is 9.36. The zero-order valence-electron chi connectivity index (χ0n) is 23.7. The monoisotopic (exact) mass is 561 g/mol. The van der Waals surface area contributed by atoms with Gasteiger partial charge in [-0.1, -0.05) is 55.0 Å². The van der Waals surface area contributed by atoms with Crippen LogP contribution < -0.4 is 9.64 Å². The third-order valence-electron chi connectivity index (χ3n) is 7.16. The van der Waals surface area contributed by atoms with E-state index in [1.165, 1.54) is 0 Å². The number of carbonyl (C=O) groups excluding carboxylic acids is 1. The average molecular weight is 562 g/mol. The summed E-state index contributed by atoms with van der Waals surface area (Å²) in [7, 11) is -1.96. The van der Waals surface area contributed by atoms with Crippen LogP contribution in [0.1, 0.15) is 57.9 Å². The summed E-state index contributed by atoms with van der Waals surface area (Å²) in [5, 5.41) is 0. The molecular weight excluding hydrogens is 522 g/mol. The number of anilines is 1. The van der Waals surface area contributed by atoms with Gasteiger partial charge < -0.3 is 9.47 Å². The Morgan fingerprint density at radius 3 is 2.17 bits per heavy atom. The Balaban J connectivity index is 1.77. The summed E-state index contributed by atoms with van der Waals surface area (Å²) in [5.74, 6) is 0.344. The second-order valence-electron chi connectivity index (χ2n) is 11.2. The molecule has 1 fully saturated rings. The molecule has 0 radical (unpaired) electrons. The first-order chi connectivity index (χ1) is 19.1. The number of methoxy groups -OCH3 is 1. The molecule has 1 aliphatic rings. The fourth-order valence-corrected chi connectivity index (χ4v) is 6.90. The highest BCUT2D eigenvalue weighted by atomic mass is 32.2. The van der Waals surface area contributed by atoms with Crippen LogP contribution in [-0.2, 0) is 14.6 Å². The van der Waals surface area contributed by atoms with Gasteiger partial charge in [-0.2, -0.15) is 0 Å². The highest BCUT2D eigenvalue weighted by molar-refractivity contribution is 7.91. The zero-order valence-corrected chi connectivity index (χ0v) is 24.6. The van der Waals surface area contributed by atoms with Crippen LogP contribution in [0, 0.1) is 5.92 Å². The lowest BCUT2D eigenvalue weighted by Gasteiger charge is -2.34. The van der Waals surface area contributed by atoms with E-state index in [1.54, 1.807) is 36.3 Å². The fourth-order valence-electron chi connectivity index (χ4n) is 5.24. The first kappa shape index (κ1) is 29.4. The third kappa shape index (κ3) is 7.54. The molecule has 6 nitrogen and oxygen atoms in total. The van der Waals surface area contributed by atoms with Gasteiger partial charge in [-0.25, -0.2) is 13.2 Å². The summed E-state index contributed by atoms with van der Waals surface area (Å²) in [5.41, 5.74) is 2.00. The molecule has 4 rings (SSSR count). The minimum absolute atomic E-state index is 0.0159. The van der Waals surface area contributed by atoms with Gasteiger partial charge in [0.15, 0.2) is 9.84 Å². The van der Waals surface area contributed by atoms with Gasteiger partial charge in [-0.05, 0) is 93.5 Å². The number of ether oxygens (including phenoxy) is 2. The number of hydrogen-bond acceptors (Lipinski definition) is 5. The average Bonchev–Trinajstić information content (AvgIpc) is 2.95. The molecule has 0 saturated heterocycles. The Hall–Kier alpha value is -3.58. The number of carbonyl (C=O) groups is 1. The van der Waals surface area contributed by atoms with Gasteiger partial charge in [-0.3, -0.25) is 4.90 Å². The molecule has 40 heavy (non-hydrogen) atoms. The van der Waals surface area contributed by atoms with Crippen LogP contribution in [0.15, 0.2) is 102 Å². The second kappa shape index (κ2) is 12.7. The van der Waals surface area contributed by atoms with Crippen LogP contribution in [-0.4, -0.2) is 33.0 Å². The van der Waals surface area contributed by atoms with Crippen molar-refractivity contribution in [1.82, 2.24) is 0 Å². The van der Waals surface area contributed by atoms with E-state index in [0.717, 1.165) is 36.8 Å². The lowest BCUT2D eigenvalue weighted by atomic mass is 9.74. The highest BCUT2D eigenvalue weighted by Crippen LogP contribution is 2.42. The molecule has 0 bridgehead atoms. The van der Waals surface area contributed by atoms with E-state index >= 15 is 0 Å². The summed E-state index contributed by atoms with van der Waals surface area (Å²) >= 11 is 0. The van der Waals surface area contributed by atoms with Crippen molar-refractivity contribution in [2.24, 2.45) is 5.92 Å². The van der Waals surface area contributed by atoms with Gasteiger partial charge in [-0.15, -0.1) is 0 Å². The van der Waals surface area contributed by atoms with Crippen LogP contribution >= 0.6 is 0 Å². The molecule has 0 unspecified atom stereocenters. The predicted octanol–water partition coefficient (Wildman–Crippen LogP) is 7.77. The maximum atomic E-state index is 13.6. The molecule has 0 aromatic heterocycles. The lowest BCUT2D eigenvalue weighted by Crippen LogP contribution is -2.35. The molecule has 0 spiro atoms. The molecule has 212 valence electrons.